The van der Waals surface area contributed by atoms with Crippen molar-refractivity contribution in [1.29, 1.82) is 0 Å². The van der Waals surface area contributed by atoms with Crippen molar-refractivity contribution >= 4 is 17.8 Å². The van der Waals surface area contributed by atoms with Crippen LogP contribution in [0.15, 0.2) is 30.3 Å². The number of carbonyl (C=O) groups excluding carboxylic acids is 3. The van der Waals surface area contributed by atoms with Gasteiger partial charge in [-0.05, 0) is 25.6 Å². The van der Waals surface area contributed by atoms with Gasteiger partial charge in [-0.3, -0.25) is 20.2 Å². The zero-order valence-corrected chi connectivity index (χ0v) is 12.3. The van der Waals surface area contributed by atoms with Crippen LogP contribution in [0.5, 0.6) is 0 Å². The number of hydrogen-bond donors (Lipinski definition) is 2. The first-order valence-electron chi connectivity index (χ1n) is 6.76. The van der Waals surface area contributed by atoms with Gasteiger partial charge in [0.25, 0.3) is 0 Å². The molecule has 0 bridgehead atoms. The van der Waals surface area contributed by atoms with Crippen LogP contribution in [0.1, 0.15) is 12.5 Å². The largest absolute Gasteiger partial charge is 0.328 e. The summed E-state index contributed by atoms with van der Waals surface area (Å²) in [5.41, 5.74) is -0.818. The normalized spacial score (nSPS) is 19.1. The molecule has 112 valence electrons. The highest BCUT2D eigenvalue weighted by Crippen LogP contribution is 2.35. The number of barbiturate groups is 1. The summed E-state index contributed by atoms with van der Waals surface area (Å²) in [4.78, 5) is 38.4. The number of imide groups is 2. The van der Waals surface area contributed by atoms with Crippen molar-refractivity contribution in [3.05, 3.63) is 35.9 Å². The van der Waals surface area contributed by atoms with E-state index in [0.717, 1.165) is 0 Å². The Morgan fingerprint density at radius 3 is 2.05 bits per heavy atom. The molecule has 0 radical (unpaired) electrons. The number of hydrogen-bond acceptors (Lipinski definition) is 4. The molecule has 0 aromatic heterocycles. The molecule has 0 spiro atoms. The highest BCUT2D eigenvalue weighted by atomic mass is 16.2. The van der Waals surface area contributed by atoms with Crippen LogP contribution in [0.3, 0.4) is 0 Å². The molecule has 1 aliphatic heterocycles. The third-order valence-corrected chi connectivity index (χ3v) is 3.78. The summed E-state index contributed by atoms with van der Waals surface area (Å²) in [5, 5.41) is 4.45. The van der Waals surface area contributed by atoms with Crippen LogP contribution >= 0.6 is 0 Å². The summed E-state index contributed by atoms with van der Waals surface area (Å²) in [6, 6.07) is 8.07. The predicted molar refractivity (Wildman–Crippen MR) is 77.5 cm³/mol. The molecule has 1 unspecified atom stereocenters. The molecule has 1 aliphatic rings. The fraction of sp³-hybridized carbons (Fsp3) is 0.400. The van der Waals surface area contributed by atoms with E-state index in [2.05, 4.69) is 10.6 Å². The summed E-state index contributed by atoms with van der Waals surface area (Å²) < 4.78 is 0. The third kappa shape index (κ3) is 2.54. The molecule has 2 N–H and O–H groups in total. The Morgan fingerprint density at radius 1 is 1.05 bits per heavy atom. The maximum atomic E-state index is 12.5. The van der Waals surface area contributed by atoms with Crippen LogP contribution in [-0.4, -0.2) is 43.4 Å². The summed E-state index contributed by atoms with van der Waals surface area (Å²) in [7, 11) is 3.75. The Labute approximate surface area is 123 Å². The van der Waals surface area contributed by atoms with Crippen molar-refractivity contribution in [2.75, 3.05) is 20.6 Å². The van der Waals surface area contributed by atoms with E-state index in [0.29, 0.717) is 12.1 Å². The van der Waals surface area contributed by atoms with Gasteiger partial charge >= 0.3 is 6.03 Å². The first-order valence-corrected chi connectivity index (χ1v) is 6.76. The minimum atomic E-state index is -1.40. The monoisotopic (exact) mass is 289 g/mol. The smallest absolute Gasteiger partial charge is 0.309 e. The Bertz CT molecular complexity index is 549. The molecule has 1 fully saturated rings. The maximum absolute atomic E-state index is 12.5. The first-order chi connectivity index (χ1) is 9.88. The van der Waals surface area contributed by atoms with E-state index in [4.69, 9.17) is 0 Å². The standard InChI is InChI=1S/C15H19N3O3/c1-10(9-18(2)3)15(11-7-5-4-6-8-11)12(19)16-14(21)17-13(15)20/h4-8,10H,9H2,1-3H3,(H2,16,17,19,20,21). The Balaban J connectivity index is 2.56. The number of amides is 4. The van der Waals surface area contributed by atoms with Gasteiger partial charge in [0.05, 0.1) is 0 Å². The maximum Gasteiger partial charge on any atom is 0.328 e. The second-order valence-electron chi connectivity index (χ2n) is 5.57. The van der Waals surface area contributed by atoms with Crippen molar-refractivity contribution < 1.29 is 14.4 Å². The van der Waals surface area contributed by atoms with Crippen molar-refractivity contribution in [2.24, 2.45) is 5.92 Å². The van der Waals surface area contributed by atoms with E-state index in [9.17, 15) is 14.4 Å². The fourth-order valence-electron chi connectivity index (χ4n) is 2.92. The van der Waals surface area contributed by atoms with E-state index in [1.54, 1.807) is 24.3 Å². The van der Waals surface area contributed by atoms with Crippen LogP contribution in [-0.2, 0) is 15.0 Å². The summed E-state index contributed by atoms with van der Waals surface area (Å²) in [6.45, 7) is 2.37. The van der Waals surface area contributed by atoms with Gasteiger partial charge in [0, 0.05) is 6.54 Å². The number of rotatable bonds is 4. The van der Waals surface area contributed by atoms with Gasteiger partial charge in [-0.25, -0.2) is 4.79 Å². The summed E-state index contributed by atoms with van der Waals surface area (Å²) in [6.07, 6.45) is 0. The fourth-order valence-corrected chi connectivity index (χ4v) is 2.92. The number of carbonyl (C=O) groups is 3. The Morgan fingerprint density at radius 2 is 1.57 bits per heavy atom. The zero-order valence-electron chi connectivity index (χ0n) is 12.3. The molecule has 0 saturated carbocycles. The van der Waals surface area contributed by atoms with Gasteiger partial charge in [-0.2, -0.15) is 0 Å². The lowest BCUT2D eigenvalue weighted by Crippen LogP contribution is -2.67. The van der Waals surface area contributed by atoms with Crippen LogP contribution in [0.2, 0.25) is 0 Å². The van der Waals surface area contributed by atoms with E-state index < -0.39 is 23.3 Å². The van der Waals surface area contributed by atoms with Crippen LogP contribution in [0.4, 0.5) is 4.79 Å². The van der Waals surface area contributed by atoms with E-state index in [1.165, 1.54) is 0 Å². The number of benzene rings is 1. The number of urea groups is 1. The molecule has 1 saturated heterocycles. The summed E-state index contributed by atoms with van der Waals surface area (Å²) >= 11 is 0. The molecular formula is C15H19N3O3. The average Bonchev–Trinajstić information content (AvgIpc) is 2.38. The zero-order chi connectivity index (χ0) is 15.6. The van der Waals surface area contributed by atoms with Gasteiger partial charge in [-0.15, -0.1) is 0 Å². The number of nitrogens with one attached hydrogen (secondary N) is 2. The summed E-state index contributed by atoms with van der Waals surface area (Å²) in [5.74, 6) is -1.45. The molecule has 1 aromatic rings. The Hall–Kier alpha value is -2.21. The predicted octanol–water partition coefficient (Wildman–Crippen LogP) is 0.488. The lowest BCUT2D eigenvalue weighted by Gasteiger charge is -2.39. The van der Waals surface area contributed by atoms with Crippen molar-refractivity contribution in [1.82, 2.24) is 15.5 Å². The molecule has 6 heteroatoms. The second-order valence-corrected chi connectivity index (χ2v) is 5.57. The van der Waals surface area contributed by atoms with Gasteiger partial charge in [0.1, 0.15) is 0 Å². The third-order valence-electron chi connectivity index (χ3n) is 3.78. The van der Waals surface area contributed by atoms with E-state index in [1.807, 2.05) is 32.0 Å². The molecule has 1 atom stereocenters. The van der Waals surface area contributed by atoms with E-state index >= 15 is 0 Å². The van der Waals surface area contributed by atoms with E-state index in [-0.39, 0.29) is 5.92 Å². The van der Waals surface area contributed by atoms with Crippen molar-refractivity contribution in [2.45, 2.75) is 12.3 Å². The van der Waals surface area contributed by atoms with Gasteiger partial charge in [0.2, 0.25) is 11.8 Å². The van der Waals surface area contributed by atoms with Crippen LogP contribution in [0.25, 0.3) is 0 Å². The molecule has 0 aliphatic carbocycles. The van der Waals surface area contributed by atoms with Crippen LogP contribution in [0, 0.1) is 5.92 Å². The lowest BCUT2D eigenvalue weighted by atomic mass is 9.68. The minimum absolute atomic E-state index is 0.303. The molecule has 1 heterocycles. The molecule has 4 amide bonds. The highest BCUT2D eigenvalue weighted by Gasteiger charge is 2.55. The second kappa shape index (κ2) is 5.65. The topological polar surface area (TPSA) is 78.5 Å². The lowest BCUT2D eigenvalue weighted by molar-refractivity contribution is -0.141. The van der Waals surface area contributed by atoms with Crippen LogP contribution < -0.4 is 10.6 Å². The Kier molecular flexibility index (Phi) is 4.09. The molecular weight excluding hydrogens is 270 g/mol. The molecule has 6 nitrogen and oxygen atoms in total. The van der Waals surface area contributed by atoms with Gasteiger partial charge < -0.3 is 4.90 Å². The molecule has 21 heavy (non-hydrogen) atoms. The number of nitrogens with zero attached hydrogens (tertiary/aromatic N) is 1. The SMILES string of the molecule is CC(CN(C)C)C1(c2ccccc2)C(=O)NC(=O)NC1=O. The molecule has 2 rings (SSSR count). The quantitative estimate of drug-likeness (QED) is 0.791. The van der Waals surface area contributed by atoms with Gasteiger partial charge in [0.15, 0.2) is 5.41 Å². The highest BCUT2D eigenvalue weighted by molar-refractivity contribution is 6.23. The van der Waals surface area contributed by atoms with Gasteiger partial charge in [-0.1, -0.05) is 37.3 Å². The van der Waals surface area contributed by atoms with Crippen molar-refractivity contribution in [3.63, 3.8) is 0 Å². The molecule has 1 aromatic carbocycles. The minimum Gasteiger partial charge on any atom is -0.309 e. The average molecular weight is 289 g/mol. The van der Waals surface area contributed by atoms with Crippen molar-refractivity contribution in [3.8, 4) is 0 Å². The first kappa shape index (κ1) is 15.2.